The first-order valence-corrected chi connectivity index (χ1v) is 17.9. The minimum atomic E-state index is -0.382. The van der Waals surface area contributed by atoms with Gasteiger partial charge in [-0.25, -0.2) is 0 Å². The fourth-order valence-corrected chi connectivity index (χ4v) is 6.12. The lowest BCUT2D eigenvalue weighted by molar-refractivity contribution is 0.0937. The van der Waals surface area contributed by atoms with Crippen molar-refractivity contribution >= 4 is 11.6 Å². The molecule has 0 bridgehead atoms. The smallest absolute Gasteiger partial charge is 0.222 e. The Balaban J connectivity index is 0.883. The van der Waals surface area contributed by atoms with Gasteiger partial charge in [0.2, 0.25) is 11.8 Å². The third-order valence-corrected chi connectivity index (χ3v) is 9.16. The van der Waals surface area contributed by atoms with E-state index in [1.807, 2.05) is 36.4 Å². The first kappa shape index (κ1) is 37.8. The van der Waals surface area contributed by atoms with E-state index in [-0.39, 0.29) is 45.7 Å². The molecular formula is C47H29N5O6. The first-order chi connectivity index (χ1) is 28.3. The number of pyridine rings is 1. The number of benzene rings is 4. The Kier molecular flexibility index (Phi) is 11.3. The van der Waals surface area contributed by atoms with Crippen LogP contribution in [0, 0.1) is 57.2 Å². The lowest BCUT2D eigenvalue weighted by Gasteiger charge is -2.17. The van der Waals surface area contributed by atoms with E-state index < -0.39 is 0 Å². The van der Waals surface area contributed by atoms with Gasteiger partial charge in [0.05, 0.1) is 22.3 Å². The van der Waals surface area contributed by atoms with Crippen LogP contribution in [-0.2, 0) is 0 Å². The van der Waals surface area contributed by atoms with Crippen LogP contribution in [0.5, 0.6) is 34.8 Å². The van der Waals surface area contributed by atoms with Crippen LogP contribution in [0.15, 0.2) is 151 Å². The SMILES string of the molecule is N#Cc1ccc(Oc2ccc(C(=O)C3C=CC(Oc4cccc(OC5=CCC(C(=O)c6ccc(Oc7ccc(C#N)c(C#N)c7)cc6)C=C5)n4)=CC3)cc2)cc1C#N. The van der Waals surface area contributed by atoms with E-state index in [0.717, 1.165) is 0 Å². The Labute approximate surface area is 333 Å². The standard InChI is InChI=1S/C47H29N5O6/c48-26-34-12-22-42(24-36(34)28-50)55-38-14-4-30(5-15-38)46(53)32-8-18-40(19-9-32)57-44-2-1-3-45(52-44)58-41-20-10-33(11-21-41)47(54)31-6-16-39(17-7-31)56-43-23-13-35(27-49)37(25-43)29-51/h1-8,10,12-25,32-33H,9,11H2. The summed E-state index contributed by atoms with van der Waals surface area (Å²) in [5.74, 6) is 2.60. The van der Waals surface area contributed by atoms with E-state index in [1.54, 1.807) is 103 Å². The minimum Gasteiger partial charge on any atom is -0.457 e. The average molecular weight is 760 g/mol. The second-order valence-electron chi connectivity index (χ2n) is 13.0. The molecule has 2 aliphatic rings. The fraction of sp³-hybridized carbons (Fsp3) is 0.0851. The molecule has 0 spiro atoms. The van der Waals surface area contributed by atoms with Gasteiger partial charge in [-0.15, -0.1) is 0 Å². The highest BCUT2D eigenvalue weighted by Crippen LogP contribution is 2.30. The maximum absolute atomic E-state index is 13.2. The summed E-state index contributed by atoms with van der Waals surface area (Å²) < 4.78 is 23.6. The number of rotatable bonds is 12. The number of Topliss-reactive ketones (excluding diaryl/α,β-unsaturated/α-hetero) is 2. The maximum Gasteiger partial charge on any atom is 0.222 e. The molecule has 2 aliphatic carbocycles. The van der Waals surface area contributed by atoms with Crippen molar-refractivity contribution < 1.29 is 28.5 Å². The van der Waals surface area contributed by atoms with Gasteiger partial charge < -0.3 is 18.9 Å². The van der Waals surface area contributed by atoms with E-state index in [4.69, 9.17) is 29.5 Å². The second kappa shape index (κ2) is 17.3. The summed E-state index contributed by atoms with van der Waals surface area (Å²) in [6, 6.07) is 35.8. The van der Waals surface area contributed by atoms with E-state index in [0.29, 0.717) is 70.2 Å². The molecule has 278 valence electrons. The Morgan fingerprint density at radius 3 is 1.26 bits per heavy atom. The lowest BCUT2D eigenvalue weighted by Crippen LogP contribution is -2.15. The van der Waals surface area contributed by atoms with Crippen LogP contribution in [0.3, 0.4) is 0 Å². The van der Waals surface area contributed by atoms with Crippen LogP contribution in [0.4, 0.5) is 0 Å². The summed E-state index contributed by atoms with van der Waals surface area (Å²) in [5.41, 5.74) is 2.01. The third-order valence-electron chi connectivity index (χ3n) is 9.16. The van der Waals surface area contributed by atoms with E-state index >= 15 is 0 Å². The number of allylic oxidation sites excluding steroid dienone is 6. The predicted molar refractivity (Wildman–Crippen MR) is 210 cm³/mol. The lowest BCUT2D eigenvalue weighted by atomic mass is 9.91. The summed E-state index contributed by atoms with van der Waals surface area (Å²) in [6.45, 7) is 0. The van der Waals surface area contributed by atoms with Crippen LogP contribution in [-0.4, -0.2) is 16.6 Å². The molecule has 0 aliphatic heterocycles. The van der Waals surface area contributed by atoms with Crippen LogP contribution in [0.25, 0.3) is 0 Å². The monoisotopic (exact) mass is 759 g/mol. The summed E-state index contributed by atoms with van der Waals surface area (Å²) in [6.07, 6.45) is 11.6. The topological polar surface area (TPSA) is 179 Å². The second-order valence-corrected chi connectivity index (χ2v) is 13.0. The molecule has 0 amide bonds. The van der Waals surface area contributed by atoms with Crippen molar-refractivity contribution in [1.29, 1.82) is 21.0 Å². The summed E-state index contributed by atoms with van der Waals surface area (Å²) >= 11 is 0. The number of nitrogens with zero attached hydrogens (tertiary/aromatic N) is 5. The van der Waals surface area contributed by atoms with Crippen LogP contribution < -0.4 is 18.9 Å². The molecule has 58 heavy (non-hydrogen) atoms. The average Bonchev–Trinajstić information content (AvgIpc) is 3.27. The van der Waals surface area contributed by atoms with Crippen molar-refractivity contribution in [3.8, 4) is 59.0 Å². The fourth-order valence-electron chi connectivity index (χ4n) is 6.12. The zero-order valence-electron chi connectivity index (χ0n) is 30.5. The number of hydrogen-bond donors (Lipinski definition) is 0. The molecule has 2 unspecified atom stereocenters. The Bertz CT molecular complexity index is 2540. The number of carbonyl (C=O) groups is 2. The maximum atomic E-state index is 13.2. The van der Waals surface area contributed by atoms with E-state index in [9.17, 15) is 20.1 Å². The molecule has 0 saturated heterocycles. The Hall–Kier alpha value is -8.51. The highest BCUT2D eigenvalue weighted by Gasteiger charge is 2.22. The van der Waals surface area contributed by atoms with Crippen molar-refractivity contribution in [2.24, 2.45) is 11.8 Å². The van der Waals surface area contributed by atoms with Gasteiger partial charge in [0.25, 0.3) is 0 Å². The molecule has 1 aromatic heterocycles. The van der Waals surface area contributed by atoms with Crippen LogP contribution >= 0.6 is 0 Å². The molecule has 11 heteroatoms. The predicted octanol–water partition coefficient (Wildman–Crippen LogP) is 9.60. The van der Waals surface area contributed by atoms with Crippen LogP contribution in [0.2, 0.25) is 0 Å². The number of ketones is 2. The molecule has 0 radical (unpaired) electrons. The summed E-state index contributed by atoms with van der Waals surface area (Å²) in [4.78, 5) is 31.0. The van der Waals surface area contributed by atoms with Gasteiger partial charge in [-0.3, -0.25) is 9.59 Å². The van der Waals surface area contributed by atoms with Gasteiger partial charge in [0.1, 0.15) is 58.8 Å². The highest BCUT2D eigenvalue weighted by atomic mass is 16.5. The van der Waals surface area contributed by atoms with Gasteiger partial charge in [-0.2, -0.15) is 26.0 Å². The molecule has 0 N–H and O–H groups in total. The highest BCUT2D eigenvalue weighted by molar-refractivity contribution is 6.00. The van der Waals surface area contributed by atoms with Crippen LogP contribution in [0.1, 0.15) is 55.8 Å². The molecule has 5 aromatic rings. The van der Waals surface area contributed by atoms with Gasteiger partial charge >= 0.3 is 0 Å². The Morgan fingerprint density at radius 2 is 0.897 bits per heavy atom. The zero-order valence-corrected chi connectivity index (χ0v) is 30.5. The number of hydrogen-bond acceptors (Lipinski definition) is 11. The zero-order chi connectivity index (χ0) is 40.4. The number of aromatic nitrogens is 1. The molecule has 0 fully saturated rings. The molecule has 1 heterocycles. The molecular weight excluding hydrogens is 731 g/mol. The minimum absolute atomic E-state index is 0.0604. The number of carbonyl (C=O) groups excluding carboxylic acids is 2. The first-order valence-electron chi connectivity index (χ1n) is 17.9. The normalized spacial score (nSPS) is 15.2. The molecule has 7 rings (SSSR count). The van der Waals surface area contributed by atoms with Crippen molar-refractivity contribution in [2.75, 3.05) is 0 Å². The van der Waals surface area contributed by atoms with Gasteiger partial charge in [-0.05, 0) is 122 Å². The molecule has 4 aromatic carbocycles. The number of ether oxygens (including phenoxy) is 4. The van der Waals surface area contributed by atoms with Crippen molar-refractivity contribution in [1.82, 2.24) is 4.98 Å². The molecule has 0 saturated carbocycles. The summed E-state index contributed by atoms with van der Waals surface area (Å²) in [5, 5.41) is 36.8. The summed E-state index contributed by atoms with van der Waals surface area (Å²) in [7, 11) is 0. The van der Waals surface area contributed by atoms with Crippen molar-refractivity contribution in [2.45, 2.75) is 12.8 Å². The Morgan fingerprint density at radius 1 is 0.500 bits per heavy atom. The largest absolute Gasteiger partial charge is 0.457 e. The van der Waals surface area contributed by atoms with Gasteiger partial charge in [-0.1, -0.05) is 18.2 Å². The van der Waals surface area contributed by atoms with E-state index in [1.165, 1.54) is 24.3 Å². The quantitative estimate of drug-likeness (QED) is 0.111. The van der Waals surface area contributed by atoms with E-state index in [2.05, 4.69) is 4.98 Å². The third kappa shape index (κ3) is 8.88. The molecule has 2 atom stereocenters. The van der Waals surface area contributed by atoms with Crippen molar-refractivity contribution in [3.05, 3.63) is 184 Å². The van der Waals surface area contributed by atoms with Gasteiger partial charge in [0, 0.05) is 35.1 Å². The molecule has 11 nitrogen and oxygen atoms in total. The van der Waals surface area contributed by atoms with Gasteiger partial charge in [0.15, 0.2) is 11.6 Å². The van der Waals surface area contributed by atoms with Crippen molar-refractivity contribution in [3.63, 3.8) is 0 Å². The number of nitriles is 4.